The normalized spacial score (nSPS) is 12.7. The maximum atomic E-state index is 12.6. The van der Waals surface area contributed by atoms with Gasteiger partial charge in [-0.05, 0) is 143 Å². The second-order valence-corrected chi connectivity index (χ2v) is 21.4. The quantitative estimate of drug-likeness (QED) is 0.165. The zero-order valence-corrected chi connectivity index (χ0v) is 39.1. The Morgan fingerprint density at radius 2 is 0.655 bits per heavy atom. The minimum atomic E-state index is -0.0664. The maximum absolute atomic E-state index is 12.6. The third kappa shape index (κ3) is 9.66. The van der Waals surface area contributed by atoms with Crippen molar-refractivity contribution in [2.45, 2.75) is 126 Å². The van der Waals surface area contributed by atoms with E-state index in [4.69, 9.17) is 0 Å². The molecule has 4 nitrogen and oxygen atoms in total. The van der Waals surface area contributed by atoms with E-state index in [1.165, 1.54) is 22.3 Å². The smallest absolute Gasteiger partial charge is 0.131 e. The number of aryl methyl sites for hydroxylation is 3. The third-order valence-electron chi connectivity index (χ3n) is 11.6. The summed E-state index contributed by atoms with van der Waals surface area (Å²) in [5.41, 5.74) is 16.0. The molecule has 5 aromatic rings. The predicted molar refractivity (Wildman–Crippen MR) is 252 cm³/mol. The van der Waals surface area contributed by atoms with Crippen molar-refractivity contribution in [1.29, 1.82) is 0 Å². The topological polar surface area (TPSA) is 46.9 Å². The summed E-state index contributed by atoms with van der Waals surface area (Å²) >= 11 is 0. The van der Waals surface area contributed by atoms with E-state index in [1.807, 2.05) is 0 Å². The molecule has 0 saturated heterocycles. The molecule has 5 rings (SSSR count). The van der Waals surface area contributed by atoms with Crippen molar-refractivity contribution in [2.75, 3.05) is 39.1 Å². The first-order valence-corrected chi connectivity index (χ1v) is 21.1. The van der Waals surface area contributed by atoms with Crippen molar-refractivity contribution in [3.63, 3.8) is 0 Å². The van der Waals surface area contributed by atoms with Crippen molar-refractivity contribution in [2.24, 2.45) is 0 Å². The monoisotopic (exact) mass is 781 g/mol. The van der Waals surface area contributed by atoms with Gasteiger partial charge in [0.1, 0.15) is 11.5 Å². The van der Waals surface area contributed by atoms with Crippen LogP contribution in [0.15, 0.2) is 72.8 Å². The molecule has 4 heteroatoms. The zero-order chi connectivity index (χ0) is 43.4. The molecule has 58 heavy (non-hydrogen) atoms. The fourth-order valence-corrected chi connectivity index (χ4v) is 7.77. The summed E-state index contributed by atoms with van der Waals surface area (Å²) < 4.78 is 0. The van der Waals surface area contributed by atoms with Crippen LogP contribution in [0.3, 0.4) is 0 Å². The van der Waals surface area contributed by atoms with Crippen molar-refractivity contribution >= 4 is 5.69 Å². The Bertz CT molecular complexity index is 2100. The largest absolute Gasteiger partial charge is 0.507 e. The van der Waals surface area contributed by atoms with Gasteiger partial charge in [-0.1, -0.05) is 119 Å². The Balaban J connectivity index is 1.86. The van der Waals surface area contributed by atoms with E-state index in [-0.39, 0.29) is 33.2 Å². The van der Waals surface area contributed by atoms with Gasteiger partial charge in [0.15, 0.2) is 0 Å². The van der Waals surface area contributed by atoms with Gasteiger partial charge in [-0.25, -0.2) is 0 Å². The lowest BCUT2D eigenvalue weighted by Crippen LogP contribution is -2.29. The highest BCUT2D eigenvalue weighted by atomic mass is 16.3. The fraction of sp³-hybridized carbons (Fsp3) is 0.444. The number of phenols is 2. The first-order valence-electron chi connectivity index (χ1n) is 21.1. The van der Waals surface area contributed by atoms with E-state index in [1.54, 1.807) is 0 Å². The van der Waals surface area contributed by atoms with E-state index in [0.717, 1.165) is 80.0 Å². The van der Waals surface area contributed by atoms with Crippen molar-refractivity contribution in [3.8, 4) is 56.0 Å². The standard InChI is InChI=1S/C54H72N2O2/c1-33-21-42(36-27-38(51(4,5)6)31-39(28-36)52(7,8)9)49(57)46(25-33)44-23-35(3)24-45(48(44)56(18)20-19-55(16)17)47-26-34(2)22-43(50(47)58)37-29-40(53(10,11)12)32-41(30-37)54(13,14)15/h21-32,57-58H,19-20H2,1-18H3. The number of hydrogen-bond donors (Lipinski definition) is 2. The summed E-state index contributed by atoms with van der Waals surface area (Å²) in [5, 5.41) is 25.2. The van der Waals surface area contributed by atoms with Gasteiger partial charge in [-0.2, -0.15) is 0 Å². The van der Waals surface area contributed by atoms with Gasteiger partial charge < -0.3 is 20.0 Å². The predicted octanol–water partition coefficient (Wildman–Crippen LogP) is 13.9. The van der Waals surface area contributed by atoms with E-state index < -0.39 is 0 Å². The van der Waals surface area contributed by atoms with Crippen LogP contribution in [-0.2, 0) is 21.7 Å². The Kier molecular flexibility index (Phi) is 12.2. The molecule has 0 heterocycles. The van der Waals surface area contributed by atoms with Crippen molar-refractivity contribution in [1.82, 2.24) is 4.90 Å². The molecule has 0 aromatic heterocycles. The average Bonchev–Trinajstić information content (AvgIpc) is 3.10. The molecule has 0 amide bonds. The van der Waals surface area contributed by atoms with Crippen molar-refractivity contribution in [3.05, 3.63) is 112 Å². The summed E-state index contributed by atoms with van der Waals surface area (Å²) in [4.78, 5) is 4.49. The van der Waals surface area contributed by atoms with Gasteiger partial charge in [0.05, 0.1) is 5.69 Å². The minimum Gasteiger partial charge on any atom is -0.507 e. The number of likely N-dealkylation sites (N-methyl/N-ethyl adjacent to an activating group) is 2. The number of rotatable bonds is 8. The number of aromatic hydroxyl groups is 2. The molecule has 0 saturated carbocycles. The lowest BCUT2D eigenvalue weighted by molar-refractivity contribution is 0.416. The van der Waals surface area contributed by atoms with Crippen LogP contribution in [0.5, 0.6) is 11.5 Å². The molecule has 0 radical (unpaired) electrons. The zero-order valence-electron chi connectivity index (χ0n) is 39.1. The molecular formula is C54H72N2O2. The molecule has 0 aliphatic heterocycles. The fourth-order valence-electron chi connectivity index (χ4n) is 7.77. The molecule has 0 atom stereocenters. The van der Waals surface area contributed by atoms with Gasteiger partial charge >= 0.3 is 0 Å². The highest BCUT2D eigenvalue weighted by Crippen LogP contribution is 2.50. The maximum Gasteiger partial charge on any atom is 0.131 e. The Morgan fingerprint density at radius 1 is 0.379 bits per heavy atom. The van der Waals surface area contributed by atoms with Gasteiger partial charge in [0, 0.05) is 53.5 Å². The molecular weight excluding hydrogens is 709 g/mol. The lowest BCUT2D eigenvalue weighted by atomic mass is 9.78. The van der Waals surface area contributed by atoms with Gasteiger partial charge in [-0.15, -0.1) is 0 Å². The SMILES string of the molecule is Cc1cc(-c2cc(C(C)(C)C)cc(C(C)(C)C)c2)c(O)c(-c2cc(C)cc(-c3cc(C)cc(-c4cc(C(C)(C)C)cc(C(C)(C)C)c4)c3O)c2N(C)CCN(C)C)c1. The second kappa shape index (κ2) is 15.9. The van der Waals surface area contributed by atoms with E-state index in [9.17, 15) is 10.2 Å². The number of benzene rings is 5. The molecule has 0 aliphatic carbocycles. The number of anilines is 1. The van der Waals surface area contributed by atoms with Crippen LogP contribution >= 0.6 is 0 Å². The molecule has 0 fully saturated rings. The molecule has 2 N–H and O–H groups in total. The van der Waals surface area contributed by atoms with Crippen LogP contribution in [0.4, 0.5) is 5.69 Å². The van der Waals surface area contributed by atoms with Gasteiger partial charge in [0.25, 0.3) is 0 Å². The highest BCUT2D eigenvalue weighted by molar-refractivity contribution is 5.98. The Morgan fingerprint density at radius 3 is 0.931 bits per heavy atom. The van der Waals surface area contributed by atoms with Crippen LogP contribution in [0, 0.1) is 20.8 Å². The first kappa shape index (κ1) is 44.6. The molecule has 5 aromatic carbocycles. The number of hydrogen-bond acceptors (Lipinski definition) is 4. The van der Waals surface area contributed by atoms with Crippen LogP contribution in [0.25, 0.3) is 44.5 Å². The van der Waals surface area contributed by atoms with Gasteiger partial charge in [-0.3, -0.25) is 0 Å². The summed E-state index contributed by atoms with van der Waals surface area (Å²) in [6.45, 7) is 35.0. The van der Waals surface area contributed by atoms with E-state index >= 15 is 0 Å². The van der Waals surface area contributed by atoms with E-state index in [2.05, 4.69) is 208 Å². The van der Waals surface area contributed by atoms with Crippen LogP contribution in [-0.4, -0.2) is 49.3 Å². The Hall–Kier alpha value is -4.54. The average molecular weight is 781 g/mol. The minimum absolute atomic E-state index is 0.0664. The van der Waals surface area contributed by atoms with E-state index in [0.29, 0.717) is 0 Å². The molecule has 0 bridgehead atoms. The molecule has 0 aliphatic rings. The highest BCUT2D eigenvalue weighted by Gasteiger charge is 2.27. The molecule has 0 spiro atoms. The lowest BCUT2D eigenvalue weighted by Gasteiger charge is -2.29. The third-order valence-corrected chi connectivity index (χ3v) is 11.6. The summed E-state index contributed by atoms with van der Waals surface area (Å²) in [5.74, 6) is 0.524. The second-order valence-electron chi connectivity index (χ2n) is 21.4. The summed E-state index contributed by atoms with van der Waals surface area (Å²) in [7, 11) is 6.32. The Labute approximate surface area is 352 Å². The molecule has 310 valence electrons. The summed E-state index contributed by atoms with van der Waals surface area (Å²) in [6, 6.07) is 26.6. The van der Waals surface area contributed by atoms with Gasteiger partial charge in [0.2, 0.25) is 0 Å². The molecule has 0 unspecified atom stereocenters. The summed E-state index contributed by atoms with van der Waals surface area (Å²) in [6.07, 6.45) is 0. The first-order chi connectivity index (χ1) is 26.6. The van der Waals surface area contributed by atoms with Crippen LogP contribution < -0.4 is 4.90 Å². The number of nitrogens with zero attached hydrogens (tertiary/aromatic N) is 2. The number of phenolic OH excluding ortho intramolecular Hbond substituents is 2. The van der Waals surface area contributed by atoms with Crippen LogP contribution in [0.1, 0.15) is 122 Å². The van der Waals surface area contributed by atoms with Crippen LogP contribution in [0.2, 0.25) is 0 Å². The van der Waals surface area contributed by atoms with Crippen molar-refractivity contribution < 1.29 is 10.2 Å².